The summed E-state index contributed by atoms with van der Waals surface area (Å²) in [4.78, 5) is 19.2. The Labute approximate surface area is 120 Å². The number of carbonyl (C=O) groups is 1. The Bertz CT molecular complexity index is 777. The Morgan fingerprint density at radius 3 is 2.65 bits per heavy atom. The van der Waals surface area contributed by atoms with Crippen LogP contribution in [0.25, 0.3) is 22.4 Å². The summed E-state index contributed by atoms with van der Waals surface area (Å²) in [6.07, 6.45) is 0. The molecule has 0 bridgehead atoms. The number of nitrogens with zero attached hydrogens (tertiary/aromatic N) is 1. The number of benzene rings is 2. The summed E-state index contributed by atoms with van der Waals surface area (Å²) in [5.74, 6) is 0.652. The van der Waals surface area contributed by atoms with Gasteiger partial charge < -0.3 is 10.3 Å². The lowest BCUT2D eigenvalue weighted by atomic mass is 10.1. The molecule has 0 spiro atoms. The highest BCUT2D eigenvalue weighted by Crippen LogP contribution is 2.23. The molecule has 3 aromatic rings. The van der Waals surface area contributed by atoms with Crippen LogP contribution in [0.3, 0.4) is 0 Å². The van der Waals surface area contributed by atoms with Crippen LogP contribution < -0.4 is 5.32 Å². The molecule has 0 aliphatic rings. The van der Waals surface area contributed by atoms with Gasteiger partial charge in [-0.1, -0.05) is 23.7 Å². The molecule has 0 radical (unpaired) electrons. The van der Waals surface area contributed by atoms with Crippen LogP contribution in [0.5, 0.6) is 0 Å². The topological polar surface area (TPSA) is 57.8 Å². The van der Waals surface area contributed by atoms with E-state index in [9.17, 15) is 4.79 Å². The minimum Gasteiger partial charge on any atom is -0.355 e. The van der Waals surface area contributed by atoms with Crippen LogP contribution in [0.15, 0.2) is 42.5 Å². The molecule has 5 heteroatoms. The van der Waals surface area contributed by atoms with Crippen LogP contribution in [0, 0.1) is 0 Å². The first-order valence-corrected chi connectivity index (χ1v) is 6.53. The molecule has 0 saturated heterocycles. The molecule has 3 rings (SSSR count). The van der Waals surface area contributed by atoms with Gasteiger partial charge in [0.1, 0.15) is 5.82 Å². The fourth-order valence-corrected chi connectivity index (χ4v) is 2.21. The van der Waals surface area contributed by atoms with Gasteiger partial charge in [0.2, 0.25) is 0 Å². The predicted octanol–water partition coefficient (Wildman–Crippen LogP) is 3.24. The second-order valence-electron chi connectivity index (χ2n) is 4.40. The van der Waals surface area contributed by atoms with Crippen molar-refractivity contribution in [1.82, 2.24) is 15.3 Å². The molecule has 0 atom stereocenters. The van der Waals surface area contributed by atoms with Crippen molar-refractivity contribution < 1.29 is 4.79 Å². The molecule has 2 aromatic carbocycles. The number of halogens is 1. The van der Waals surface area contributed by atoms with Gasteiger partial charge in [-0.25, -0.2) is 4.98 Å². The molecule has 1 aromatic heterocycles. The lowest BCUT2D eigenvalue weighted by molar-refractivity contribution is 0.0963. The van der Waals surface area contributed by atoms with E-state index < -0.39 is 0 Å². The molecule has 2 N–H and O–H groups in total. The molecule has 0 aliphatic heterocycles. The molecule has 4 nitrogen and oxygen atoms in total. The lowest BCUT2D eigenvalue weighted by Gasteiger charge is -2.00. The summed E-state index contributed by atoms with van der Waals surface area (Å²) in [6.45, 7) is 0. The number of H-pyrrole nitrogens is 1. The Morgan fingerprint density at radius 2 is 1.95 bits per heavy atom. The van der Waals surface area contributed by atoms with E-state index in [1.54, 1.807) is 19.2 Å². The summed E-state index contributed by atoms with van der Waals surface area (Å²) in [5.41, 5.74) is 3.29. The first-order valence-electron chi connectivity index (χ1n) is 6.15. The van der Waals surface area contributed by atoms with Crippen molar-refractivity contribution in [3.8, 4) is 11.4 Å². The van der Waals surface area contributed by atoms with E-state index in [1.165, 1.54) is 0 Å². The molecule has 0 unspecified atom stereocenters. The molecule has 20 heavy (non-hydrogen) atoms. The normalized spacial score (nSPS) is 10.7. The average molecular weight is 286 g/mol. The van der Waals surface area contributed by atoms with E-state index in [-0.39, 0.29) is 5.91 Å². The Morgan fingerprint density at radius 1 is 1.20 bits per heavy atom. The smallest absolute Gasteiger partial charge is 0.251 e. The van der Waals surface area contributed by atoms with Crippen molar-refractivity contribution >= 4 is 28.5 Å². The van der Waals surface area contributed by atoms with E-state index in [0.717, 1.165) is 22.4 Å². The molecular weight excluding hydrogens is 274 g/mol. The second kappa shape index (κ2) is 4.98. The van der Waals surface area contributed by atoms with Gasteiger partial charge in [-0.05, 0) is 30.3 Å². The minimum atomic E-state index is -0.104. The van der Waals surface area contributed by atoms with Gasteiger partial charge in [0.25, 0.3) is 5.91 Å². The zero-order valence-electron chi connectivity index (χ0n) is 10.8. The average Bonchev–Trinajstić information content (AvgIpc) is 2.89. The van der Waals surface area contributed by atoms with Crippen LogP contribution >= 0.6 is 11.6 Å². The van der Waals surface area contributed by atoms with Crippen molar-refractivity contribution in [3.63, 3.8) is 0 Å². The van der Waals surface area contributed by atoms with Gasteiger partial charge in [0.05, 0.1) is 11.0 Å². The van der Waals surface area contributed by atoms with Crippen molar-refractivity contribution in [3.05, 3.63) is 53.1 Å². The van der Waals surface area contributed by atoms with Crippen molar-refractivity contribution in [1.29, 1.82) is 0 Å². The van der Waals surface area contributed by atoms with Gasteiger partial charge >= 0.3 is 0 Å². The van der Waals surface area contributed by atoms with Gasteiger partial charge in [0, 0.05) is 23.2 Å². The van der Waals surface area contributed by atoms with E-state index in [0.29, 0.717) is 10.6 Å². The molecular formula is C15H12ClN3O. The predicted molar refractivity (Wildman–Crippen MR) is 79.9 cm³/mol. The van der Waals surface area contributed by atoms with E-state index >= 15 is 0 Å². The number of aromatic amines is 1. The second-order valence-corrected chi connectivity index (χ2v) is 4.84. The Hall–Kier alpha value is -2.33. The van der Waals surface area contributed by atoms with Gasteiger partial charge in [-0.3, -0.25) is 4.79 Å². The first kappa shape index (κ1) is 12.7. The molecule has 1 heterocycles. The van der Waals surface area contributed by atoms with Gasteiger partial charge in [0.15, 0.2) is 0 Å². The van der Waals surface area contributed by atoms with E-state index in [4.69, 9.17) is 11.6 Å². The van der Waals surface area contributed by atoms with Crippen molar-refractivity contribution in [2.24, 2.45) is 0 Å². The summed E-state index contributed by atoms with van der Waals surface area (Å²) in [6, 6.07) is 12.8. The third kappa shape index (κ3) is 2.26. The molecule has 0 saturated carbocycles. The number of hydrogen-bond acceptors (Lipinski definition) is 2. The third-order valence-corrected chi connectivity index (χ3v) is 3.33. The largest absolute Gasteiger partial charge is 0.355 e. The summed E-state index contributed by atoms with van der Waals surface area (Å²) < 4.78 is 0. The summed E-state index contributed by atoms with van der Waals surface area (Å²) in [5, 5.41) is 3.26. The maximum Gasteiger partial charge on any atom is 0.251 e. The number of hydrogen-bond donors (Lipinski definition) is 2. The van der Waals surface area contributed by atoms with Gasteiger partial charge in [-0.2, -0.15) is 0 Å². The van der Waals surface area contributed by atoms with Crippen LogP contribution in [0.2, 0.25) is 5.02 Å². The molecule has 1 amide bonds. The highest BCUT2D eigenvalue weighted by Gasteiger charge is 2.07. The highest BCUT2D eigenvalue weighted by molar-refractivity contribution is 6.31. The van der Waals surface area contributed by atoms with Gasteiger partial charge in [-0.15, -0.1) is 0 Å². The fraction of sp³-hybridized carbons (Fsp3) is 0.0667. The Balaban J connectivity index is 2.00. The molecule has 0 fully saturated rings. The van der Waals surface area contributed by atoms with E-state index in [2.05, 4.69) is 15.3 Å². The Kier molecular flexibility index (Phi) is 3.16. The standard InChI is InChI=1S/C15H12ClN3O/c1-17-15(20)10-4-2-9(3-5-10)14-18-12-7-6-11(16)8-13(12)19-14/h2-8H,1H3,(H,17,20)(H,18,19). The van der Waals surface area contributed by atoms with E-state index in [1.807, 2.05) is 30.3 Å². The quantitative estimate of drug-likeness (QED) is 0.759. The maximum atomic E-state index is 11.5. The molecule has 100 valence electrons. The number of rotatable bonds is 2. The summed E-state index contributed by atoms with van der Waals surface area (Å²) >= 11 is 5.95. The monoisotopic (exact) mass is 285 g/mol. The first-order chi connectivity index (χ1) is 9.67. The number of amides is 1. The van der Waals surface area contributed by atoms with Crippen LogP contribution in [-0.2, 0) is 0 Å². The number of aromatic nitrogens is 2. The van der Waals surface area contributed by atoms with Crippen molar-refractivity contribution in [2.75, 3.05) is 7.05 Å². The lowest BCUT2D eigenvalue weighted by Crippen LogP contribution is -2.17. The molecule has 0 aliphatic carbocycles. The number of carbonyl (C=O) groups excluding carboxylic acids is 1. The SMILES string of the molecule is CNC(=O)c1ccc(-c2nc3ccc(Cl)cc3[nH]2)cc1. The van der Waals surface area contributed by atoms with Crippen LogP contribution in [-0.4, -0.2) is 22.9 Å². The fourth-order valence-electron chi connectivity index (χ4n) is 2.04. The number of imidazole rings is 1. The highest BCUT2D eigenvalue weighted by atomic mass is 35.5. The zero-order valence-corrected chi connectivity index (χ0v) is 11.5. The van der Waals surface area contributed by atoms with Crippen LogP contribution in [0.4, 0.5) is 0 Å². The number of nitrogens with one attached hydrogen (secondary N) is 2. The number of fused-ring (bicyclic) bond motifs is 1. The maximum absolute atomic E-state index is 11.5. The summed E-state index contributed by atoms with van der Waals surface area (Å²) in [7, 11) is 1.61. The third-order valence-electron chi connectivity index (χ3n) is 3.09. The van der Waals surface area contributed by atoms with Crippen molar-refractivity contribution in [2.45, 2.75) is 0 Å². The van der Waals surface area contributed by atoms with Crippen LogP contribution in [0.1, 0.15) is 10.4 Å². The zero-order chi connectivity index (χ0) is 14.1. The minimum absolute atomic E-state index is 0.104.